The van der Waals surface area contributed by atoms with Crippen molar-refractivity contribution >= 4 is 11.6 Å². The predicted molar refractivity (Wildman–Crippen MR) is 78.4 cm³/mol. The minimum atomic E-state index is -0.0358. The van der Waals surface area contributed by atoms with E-state index in [0.717, 1.165) is 5.69 Å². The lowest BCUT2D eigenvalue weighted by molar-refractivity contribution is 0.0955. The number of aryl methyl sites for hydroxylation is 1. The lowest BCUT2D eigenvalue weighted by Crippen LogP contribution is -2.28. The van der Waals surface area contributed by atoms with E-state index in [1.54, 1.807) is 0 Å². The van der Waals surface area contributed by atoms with E-state index in [4.69, 9.17) is 0 Å². The summed E-state index contributed by atoms with van der Waals surface area (Å²) in [5, 5.41) is 6.14. The second-order valence-electron chi connectivity index (χ2n) is 4.41. The molecular weight excluding hydrogens is 236 g/mol. The van der Waals surface area contributed by atoms with Crippen LogP contribution in [-0.2, 0) is 0 Å². The molecule has 2 aromatic carbocycles. The average Bonchev–Trinajstić information content (AvgIpc) is 2.46. The van der Waals surface area contributed by atoms with Crippen LogP contribution in [0.15, 0.2) is 54.6 Å². The molecule has 0 radical (unpaired) electrons. The van der Waals surface area contributed by atoms with Gasteiger partial charge in [-0.3, -0.25) is 4.79 Å². The third kappa shape index (κ3) is 4.14. The van der Waals surface area contributed by atoms with Gasteiger partial charge in [0, 0.05) is 24.3 Å². The molecule has 0 fully saturated rings. The van der Waals surface area contributed by atoms with Crippen LogP contribution in [0.3, 0.4) is 0 Å². The summed E-state index contributed by atoms with van der Waals surface area (Å²) in [5.41, 5.74) is 3.00. The van der Waals surface area contributed by atoms with Gasteiger partial charge in [-0.25, -0.2) is 0 Å². The third-order valence-electron chi connectivity index (χ3n) is 2.83. The predicted octanol–water partition coefficient (Wildman–Crippen LogP) is 2.84. The number of nitrogens with one attached hydrogen (secondary N) is 2. The first-order chi connectivity index (χ1) is 9.25. The van der Waals surface area contributed by atoms with Crippen molar-refractivity contribution in [1.29, 1.82) is 0 Å². The molecule has 0 heterocycles. The Morgan fingerprint density at radius 2 is 1.63 bits per heavy atom. The monoisotopic (exact) mass is 254 g/mol. The zero-order chi connectivity index (χ0) is 13.5. The zero-order valence-corrected chi connectivity index (χ0v) is 11.0. The molecule has 0 aliphatic carbocycles. The molecule has 2 aromatic rings. The van der Waals surface area contributed by atoms with Crippen LogP contribution >= 0.6 is 0 Å². The first-order valence-corrected chi connectivity index (χ1v) is 6.39. The van der Waals surface area contributed by atoms with Gasteiger partial charge < -0.3 is 10.6 Å². The summed E-state index contributed by atoms with van der Waals surface area (Å²) in [6.45, 7) is 3.37. The molecule has 0 unspecified atom stereocenters. The van der Waals surface area contributed by atoms with E-state index in [1.807, 2.05) is 42.5 Å². The first-order valence-electron chi connectivity index (χ1n) is 6.39. The maximum atomic E-state index is 11.8. The van der Waals surface area contributed by atoms with E-state index in [2.05, 4.69) is 29.7 Å². The Kier molecular flexibility index (Phi) is 4.56. The maximum Gasteiger partial charge on any atom is 0.251 e. The van der Waals surface area contributed by atoms with Crippen LogP contribution in [-0.4, -0.2) is 19.0 Å². The fourth-order valence-electron chi connectivity index (χ4n) is 1.75. The molecule has 2 N–H and O–H groups in total. The van der Waals surface area contributed by atoms with Crippen LogP contribution in [0, 0.1) is 6.92 Å². The molecule has 98 valence electrons. The molecule has 0 spiro atoms. The highest BCUT2D eigenvalue weighted by Crippen LogP contribution is 2.07. The van der Waals surface area contributed by atoms with Gasteiger partial charge in [0.25, 0.3) is 5.91 Å². The number of rotatable bonds is 5. The quantitative estimate of drug-likeness (QED) is 0.806. The second-order valence-corrected chi connectivity index (χ2v) is 4.41. The minimum absolute atomic E-state index is 0.0358. The molecule has 0 bridgehead atoms. The van der Waals surface area contributed by atoms with Crippen molar-refractivity contribution in [2.24, 2.45) is 0 Å². The molecular formula is C16H18N2O. The van der Waals surface area contributed by atoms with Gasteiger partial charge >= 0.3 is 0 Å². The summed E-state index contributed by atoms with van der Waals surface area (Å²) < 4.78 is 0. The average molecular weight is 254 g/mol. The van der Waals surface area contributed by atoms with Crippen molar-refractivity contribution in [1.82, 2.24) is 5.32 Å². The summed E-state index contributed by atoms with van der Waals surface area (Å²) in [6.07, 6.45) is 0. The van der Waals surface area contributed by atoms with Crippen molar-refractivity contribution < 1.29 is 4.79 Å². The van der Waals surface area contributed by atoms with E-state index in [-0.39, 0.29) is 5.91 Å². The zero-order valence-electron chi connectivity index (χ0n) is 11.0. The Morgan fingerprint density at radius 3 is 2.32 bits per heavy atom. The van der Waals surface area contributed by atoms with E-state index < -0.39 is 0 Å². The summed E-state index contributed by atoms with van der Waals surface area (Å²) in [4.78, 5) is 11.8. The maximum absolute atomic E-state index is 11.8. The number of carbonyl (C=O) groups is 1. The van der Waals surface area contributed by atoms with Gasteiger partial charge in [0.2, 0.25) is 0 Å². The molecule has 1 amide bonds. The lowest BCUT2D eigenvalue weighted by Gasteiger charge is -2.08. The highest BCUT2D eigenvalue weighted by molar-refractivity contribution is 5.94. The van der Waals surface area contributed by atoms with Crippen LogP contribution in [0.25, 0.3) is 0 Å². The second kappa shape index (κ2) is 6.59. The standard InChI is InChI=1S/C16H18N2O/c1-13-7-9-15(10-8-13)17-11-12-18-16(19)14-5-3-2-4-6-14/h2-10,17H,11-12H2,1H3,(H,18,19). The molecule has 0 saturated heterocycles. The van der Waals surface area contributed by atoms with Crippen LogP contribution in [0.1, 0.15) is 15.9 Å². The number of anilines is 1. The van der Waals surface area contributed by atoms with Crippen molar-refractivity contribution in [2.45, 2.75) is 6.92 Å². The van der Waals surface area contributed by atoms with Gasteiger partial charge in [-0.05, 0) is 31.2 Å². The lowest BCUT2D eigenvalue weighted by atomic mass is 10.2. The number of amides is 1. The molecule has 3 heteroatoms. The summed E-state index contributed by atoms with van der Waals surface area (Å²) in [6, 6.07) is 17.4. The molecule has 19 heavy (non-hydrogen) atoms. The molecule has 2 rings (SSSR count). The van der Waals surface area contributed by atoms with Crippen LogP contribution in [0.5, 0.6) is 0 Å². The van der Waals surface area contributed by atoms with Gasteiger partial charge in [0.05, 0.1) is 0 Å². The van der Waals surface area contributed by atoms with Gasteiger partial charge in [0.1, 0.15) is 0 Å². The Labute approximate surface area is 113 Å². The van der Waals surface area contributed by atoms with Gasteiger partial charge in [-0.15, -0.1) is 0 Å². The molecule has 0 aromatic heterocycles. The smallest absolute Gasteiger partial charge is 0.251 e. The van der Waals surface area contributed by atoms with E-state index in [9.17, 15) is 4.79 Å². The fourth-order valence-corrected chi connectivity index (χ4v) is 1.75. The molecule has 0 aliphatic rings. The third-order valence-corrected chi connectivity index (χ3v) is 2.83. The Bertz CT molecular complexity index is 520. The van der Waals surface area contributed by atoms with Crippen molar-refractivity contribution in [2.75, 3.05) is 18.4 Å². The van der Waals surface area contributed by atoms with Crippen molar-refractivity contribution in [3.63, 3.8) is 0 Å². The van der Waals surface area contributed by atoms with E-state index >= 15 is 0 Å². The number of hydrogen-bond donors (Lipinski definition) is 2. The van der Waals surface area contributed by atoms with Crippen molar-refractivity contribution in [3.8, 4) is 0 Å². The number of carbonyl (C=O) groups excluding carboxylic acids is 1. The molecule has 0 atom stereocenters. The Hall–Kier alpha value is -2.29. The SMILES string of the molecule is Cc1ccc(NCCNC(=O)c2ccccc2)cc1. The van der Waals surface area contributed by atoms with Gasteiger partial charge in [-0.2, -0.15) is 0 Å². The summed E-state index contributed by atoms with van der Waals surface area (Å²) >= 11 is 0. The highest BCUT2D eigenvalue weighted by atomic mass is 16.1. The molecule has 0 aliphatic heterocycles. The molecule has 0 saturated carbocycles. The minimum Gasteiger partial charge on any atom is -0.383 e. The number of hydrogen-bond acceptors (Lipinski definition) is 2. The van der Waals surface area contributed by atoms with E-state index in [1.165, 1.54) is 5.56 Å². The fraction of sp³-hybridized carbons (Fsp3) is 0.188. The van der Waals surface area contributed by atoms with Gasteiger partial charge in [0.15, 0.2) is 0 Å². The highest BCUT2D eigenvalue weighted by Gasteiger charge is 2.02. The van der Waals surface area contributed by atoms with Crippen LogP contribution in [0.2, 0.25) is 0 Å². The normalized spacial score (nSPS) is 9.95. The topological polar surface area (TPSA) is 41.1 Å². The van der Waals surface area contributed by atoms with Crippen molar-refractivity contribution in [3.05, 3.63) is 65.7 Å². The first kappa shape index (κ1) is 13.1. The summed E-state index contributed by atoms with van der Waals surface area (Å²) in [7, 11) is 0. The Morgan fingerprint density at radius 1 is 0.947 bits per heavy atom. The van der Waals surface area contributed by atoms with Crippen LogP contribution in [0.4, 0.5) is 5.69 Å². The Balaban J connectivity index is 1.72. The molecule has 3 nitrogen and oxygen atoms in total. The van der Waals surface area contributed by atoms with E-state index in [0.29, 0.717) is 18.7 Å². The largest absolute Gasteiger partial charge is 0.383 e. The summed E-state index contributed by atoms with van der Waals surface area (Å²) in [5.74, 6) is -0.0358. The number of benzene rings is 2. The van der Waals surface area contributed by atoms with Gasteiger partial charge in [-0.1, -0.05) is 35.9 Å². The van der Waals surface area contributed by atoms with Crippen LogP contribution < -0.4 is 10.6 Å².